The zero-order valence-corrected chi connectivity index (χ0v) is 10.0. The second-order valence-electron chi connectivity index (χ2n) is 5.14. The molecule has 1 N–H and O–H groups in total. The van der Waals surface area contributed by atoms with Gasteiger partial charge in [-0.05, 0) is 45.7 Å². The van der Waals surface area contributed by atoms with Crippen molar-refractivity contribution in [1.29, 1.82) is 0 Å². The van der Waals surface area contributed by atoms with Crippen molar-refractivity contribution in [3.63, 3.8) is 0 Å². The maximum Gasteiger partial charge on any atom is 0.0674 e. The Kier molecular flexibility index (Phi) is 4.00. The Morgan fingerprint density at radius 3 is 2.73 bits per heavy atom. The van der Waals surface area contributed by atoms with Gasteiger partial charge in [-0.3, -0.25) is 4.90 Å². The number of hydrogen-bond donors (Lipinski definition) is 1. The average molecular weight is 212 g/mol. The monoisotopic (exact) mass is 212 g/mol. The maximum absolute atomic E-state index is 5.66. The Hall–Kier alpha value is -0.120. The van der Waals surface area contributed by atoms with Gasteiger partial charge in [-0.2, -0.15) is 0 Å². The lowest BCUT2D eigenvalue weighted by atomic mass is 9.96. The molecule has 0 aromatic heterocycles. The molecule has 88 valence electrons. The second-order valence-corrected chi connectivity index (χ2v) is 5.14. The zero-order valence-electron chi connectivity index (χ0n) is 10.0. The number of rotatable bonds is 2. The predicted octanol–water partition coefficient (Wildman–Crippen LogP) is 1.10. The summed E-state index contributed by atoms with van der Waals surface area (Å²) in [6.07, 6.45) is 3.11. The molecule has 2 atom stereocenters. The molecule has 3 heteroatoms. The van der Waals surface area contributed by atoms with Crippen molar-refractivity contribution < 1.29 is 4.74 Å². The highest BCUT2D eigenvalue weighted by Crippen LogP contribution is 2.18. The fourth-order valence-electron chi connectivity index (χ4n) is 2.62. The van der Waals surface area contributed by atoms with Gasteiger partial charge in [0.2, 0.25) is 0 Å². The number of morpholine rings is 1. The molecule has 0 bridgehead atoms. The summed E-state index contributed by atoms with van der Waals surface area (Å²) in [4.78, 5) is 2.62. The molecule has 0 saturated carbocycles. The van der Waals surface area contributed by atoms with Gasteiger partial charge in [0.25, 0.3) is 0 Å². The van der Waals surface area contributed by atoms with Gasteiger partial charge in [-0.25, -0.2) is 0 Å². The first-order valence-electron chi connectivity index (χ1n) is 6.32. The van der Waals surface area contributed by atoms with Gasteiger partial charge in [0.1, 0.15) is 0 Å². The van der Waals surface area contributed by atoms with Crippen LogP contribution in [0.4, 0.5) is 0 Å². The molecule has 0 aromatic rings. The van der Waals surface area contributed by atoms with E-state index in [1.807, 2.05) is 0 Å². The summed E-state index contributed by atoms with van der Waals surface area (Å²) in [6.45, 7) is 10.2. The lowest BCUT2D eigenvalue weighted by Gasteiger charge is -2.39. The van der Waals surface area contributed by atoms with E-state index in [4.69, 9.17) is 4.74 Å². The summed E-state index contributed by atoms with van der Waals surface area (Å²) in [5, 5.41) is 3.43. The molecule has 0 aliphatic carbocycles. The maximum atomic E-state index is 5.66. The Morgan fingerprint density at radius 2 is 2.00 bits per heavy atom. The van der Waals surface area contributed by atoms with E-state index in [0.717, 1.165) is 19.1 Å². The van der Waals surface area contributed by atoms with Crippen molar-refractivity contribution in [1.82, 2.24) is 10.2 Å². The Morgan fingerprint density at radius 1 is 1.27 bits per heavy atom. The highest BCUT2D eigenvalue weighted by Gasteiger charge is 2.26. The van der Waals surface area contributed by atoms with E-state index in [0.29, 0.717) is 12.1 Å². The molecule has 0 aromatic carbocycles. The van der Waals surface area contributed by atoms with Crippen LogP contribution in [0.15, 0.2) is 0 Å². The van der Waals surface area contributed by atoms with Crippen molar-refractivity contribution in [3.05, 3.63) is 0 Å². The van der Waals surface area contributed by atoms with Crippen molar-refractivity contribution >= 4 is 0 Å². The third kappa shape index (κ3) is 3.16. The Bertz CT molecular complexity index is 192. The molecule has 2 aliphatic rings. The fraction of sp³-hybridized carbons (Fsp3) is 1.00. The average Bonchev–Trinajstić information content (AvgIpc) is 2.25. The Labute approximate surface area is 93.2 Å². The lowest BCUT2D eigenvalue weighted by Crippen LogP contribution is -2.49. The van der Waals surface area contributed by atoms with E-state index in [-0.39, 0.29) is 0 Å². The van der Waals surface area contributed by atoms with Crippen LogP contribution in [0, 0.1) is 5.92 Å². The number of nitrogens with zero attached hydrogens (tertiary/aromatic N) is 1. The largest absolute Gasteiger partial charge is 0.376 e. The van der Waals surface area contributed by atoms with E-state index in [1.54, 1.807) is 0 Å². The second kappa shape index (κ2) is 5.28. The van der Waals surface area contributed by atoms with Crippen molar-refractivity contribution in [2.75, 3.05) is 32.8 Å². The van der Waals surface area contributed by atoms with Crippen LogP contribution in [0.3, 0.4) is 0 Å². The van der Waals surface area contributed by atoms with Gasteiger partial charge >= 0.3 is 0 Å². The molecule has 2 heterocycles. The quantitative estimate of drug-likeness (QED) is 0.742. The van der Waals surface area contributed by atoms with Gasteiger partial charge in [0, 0.05) is 19.1 Å². The fourth-order valence-corrected chi connectivity index (χ4v) is 2.62. The smallest absolute Gasteiger partial charge is 0.0674 e. The molecule has 2 rings (SSSR count). The normalized spacial score (nSPS) is 35.6. The van der Waals surface area contributed by atoms with E-state index in [2.05, 4.69) is 24.1 Å². The van der Waals surface area contributed by atoms with Gasteiger partial charge in [-0.15, -0.1) is 0 Å². The van der Waals surface area contributed by atoms with Crippen LogP contribution < -0.4 is 5.32 Å². The molecular formula is C12H24N2O. The summed E-state index contributed by atoms with van der Waals surface area (Å²) in [7, 11) is 0. The summed E-state index contributed by atoms with van der Waals surface area (Å²) >= 11 is 0. The first kappa shape index (κ1) is 11.4. The van der Waals surface area contributed by atoms with Gasteiger partial charge in [-0.1, -0.05) is 0 Å². The van der Waals surface area contributed by atoms with Crippen LogP contribution >= 0.6 is 0 Å². The lowest BCUT2D eigenvalue weighted by molar-refractivity contribution is -0.0553. The summed E-state index contributed by atoms with van der Waals surface area (Å²) in [6, 6.07) is 0.607. The molecule has 2 fully saturated rings. The molecule has 0 spiro atoms. The van der Waals surface area contributed by atoms with E-state index < -0.39 is 0 Å². The first-order chi connectivity index (χ1) is 7.25. The summed E-state index contributed by atoms with van der Waals surface area (Å²) in [5.41, 5.74) is 0. The highest BCUT2D eigenvalue weighted by atomic mass is 16.5. The van der Waals surface area contributed by atoms with Crippen LogP contribution in [0.1, 0.15) is 26.7 Å². The summed E-state index contributed by atoms with van der Waals surface area (Å²) < 4.78 is 5.66. The van der Waals surface area contributed by atoms with E-state index in [9.17, 15) is 0 Å². The van der Waals surface area contributed by atoms with Crippen molar-refractivity contribution in [3.8, 4) is 0 Å². The van der Waals surface area contributed by atoms with Gasteiger partial charge in [0.05, 0.1) is 12.7 Å². The number of ether oxygens (including phenoxy) is 1. The SMILES string of the molecule is CC1CN(CC2CCNCC2)C(C)CO1. The van der Waals surface area contributed by atoms with Gasteiger partial charge in [0.15, 0.2) is 0 Å². The zero-order chi connectivity index (χ0) is 10.7. The van der Waals surface area contributed by atoms with Crippen LogP contribution in [0.5, 0.6) is 0 Å². The van der Waals surface area contributed by atoms with Crippen LogP contribution in [-0.4, -0.2) is 49.8 Å². The molecule has 0 radical (unpaired) electrons. The van der Waals surface area contributed by atoms with Crippen LogP contribution in [0.25, 0.3) is 0 Å². The third-order valence-corrected chi connectivity index (χ3v) is 3.69. The number of hydrogen-bond acceptors (Lipinski definition) is 3. The molecular weight excluding hydrogens is 188 g/mol. The molecule has 3 nitrogen and oxygen atoms in total. The number of nitrogens with one attached hydrogen (secondary N) is 1. The molecule has 2 unspecified atom stereocenters. The minimum atomic E-state index is 0.419. The predicted molar refractivity (Wildman–Crippen MR) is 62.0 cm³/mol. The standard InChI is InChI=1S/C12H24N2O/c1-10-9-15-11(2)7-14(10)8-12-3-5-13-6-4-12/h10-13H,3-9H2,1-2H3. The topological polar surface area (TPSA) is 24.5 Å². The first-order valence-corrected chi connectivity index (χ1v) is 6.32. The molecule has 2 saturated heterocycles. The summed E-state index contributed by atoms with van der Waals surface area (Å²) in [5.74, 6) is 0.902. The molecule has 2 aliphatic heterocycles. The van der Waals surface area contributed by atoms with Crippen LogP contribution in [-0.2, 0) is 4.74 Å². The number of piperidine rings is 1. The van der Waals surface area contributed by atoms with Crippen molar-refractivity contribution in [2.45, 2.75) is 38.8 Å². The minimum absolute atomic E-state index is 0.419. The van der Waals surface area contributed by atoms with E-state index >= 15 is 0 Å². The van der Waals surface area contributed by atoms with Crippen LogP contribution in [0.2, 0.25) is 0 Å². The molecule has 0 amide bonds. The van der Waals surface area contributed by atoms with Gasteiger partial charge < -0.3 is 10.1 Å². The molecule has 15 heavy (non-hydrogen) atoms. The van der Waals surface area contributed by atoms with E-state index in [1.165, 1.54) is 32.5 Å². The third-order valence-electron chi connectivity index (χ3n) is 3.69. The highest BCUT2D eigenvalue weighted by molar-refractivity contribution is 4.79. The Balaban J connectivity index is 1.80. The van der Waals surface area contributed by atoms with Crippen molar-refractivity contribution in [2.24, 2.45) is 5.92 Å². The minimum Gasteiger partial charge on any atom is -0.376 e.